The number of carbonyl (C=O) groups is 4. The molecule has 1 rings (SSSR count). The molecule has 0 aliphatic rings. The van der Waals surface area contributed by atoms with Crippen LogP contribution in [0.2, 0.25) is 0 Å². The minimum absolute atomic E-state index is 0.103. The molecule has 0 bridgehead atoms. The number of hydrogen-bond acceptors (Lipinski definition) is 8. The second-order valence-corrected chi connectivity index (χ2v) is 4.85. The van der Waals surface area contributed by atoms with E-state index in [1.54, 1.807) is 18.2 Å². The quantitative estimate of drug-likeness (QED) is 0.268. The van der Waals surface area contributed by atoms with Gasteiger partial charge in [0.15, 0.2) is 0 Å². The van der Waals surface area contributed by atoms with Gasteiger partial charge in [0.2, 0.25) is 0 Å². The Morgan fingerprint density at radius 1 is 0.750 bits per heavy atom. The molecule has 1 aromatic carbocycles. The molecule has 1 aromatic rings. The van der Waals surface area contributed by atoms with Gasteiger partial charge in [-0.15, -0.1) is 0 Å². The van der Waals surface area contributed by atoms with Crippen LogP contribution < -0.4 is 10.6 Å². The molecule has 10 nitrogen and oxygen atoms in total. The monoisotopic (exact) mass is 392 g/mol. The third-order valence-corrected chi connectivity index (χ3v) is 2.81. The Balaban J connectivity index is 2.36. The molecule has 0 fully saturated rings. The van der Waals surface area contributed by atoms with Crippen molar-refractivity contribution in [2.75, 3.05) is 37.1 Å². The maximum Gasteiger partial charge on any atom is 0.411 e. The van der Waals surface area contributed by atoms with Crippen molar-refractivity contribution in [2.45, 2.75) is 0 Å². The lowest BCUT2D eigenvalue weighted by molar-refractivity contribution is -0.139. The van der Waals surface area contributed by atoms with Gasteiger partial charge in [-0.2, -0.15) is 0 Å². The van der Waals surface area contributed by atoms with Gasteiger partial charge >= 0.3 is 24.1 Å². The summed E-state index contributed by atoms with van der Waals surface area (Å²) in [7, 11) is 0. The smallest absolute Gasteiger partial charge is 0.411 e. The highest BCUT2D eigenvalue weighted by molar-refractivity contribution is 5.88. The van der Waals surface area contributed by atoms with Crippen LogP contribution in [0.3, 0.4) is 0 Å². The third-order valence-electron chi connectivity index (χ3n) is 2.81. The summed E-state index contributed by atoms with van der Waals surface area (Å²) in [5.41, 5.74) is 0.705. The van der Waals surface area contributed by atoms with Crippen LogP contribution in [0, 0.1) is 0 Å². The molecular formula is C18H20N2O8. The number of rotatable bonds is 10. The number of amides is 2. The van der Waals surface area contributed by atoms with E-state index < -0.39 is 24.1 Å². The first-order valence-electron chi connectivity index (χ1n) is 8.00. The highest BCUT2D eigenvalue weighted by Crippen LogP contribution is 2.15. The summed E-state index contributed by atoms with van der Waals surface area (Å²) in [6, 6.07) is 6.20. The standard InChI is InChI=1S/C18H20N2O8/c1-3-15(21)25-8-10-27-17(23)19-13-6-5-7-14(12-13)20-18(24)28-11-9-26-16(22)4-2/h3-7,12H,1-2,8-11H2,(H,19,23)(H,20,24). The summed E-state index contributed by atoms with van der Waals surface area (Å²) in [6.07, 6.45) is 0.464. The van der Waals surface area contributed by atoms with Crippen LogP contribution in [0.5, 0.6) is 0 Å². The zero-order valence-corrected chi connectivity index (χ0v) is 15.0. The largest absolute Gasteiger partial charge is 0.459 e. The molecule has 2 N–H and O–H groups in total. The second kappa shape index (κ2) is 12.5. The van der Waals surface area contributed by atoms with E-state index in [4.69, 9.17) is 9.47 Å². The lowest BCUT2D eigenvalue weighted by atomic mass is 10.3. The maximum atomic E-state index is 11.7. The van der Waals surface area contributed by atoms with E-state index in [2.05, 4.69) is 33.3 Å². The fourth-order valence-corrected chi connectivity index (χ4v) is 1.65. The average molecular weight is 392 g/mol. The SMILES string of the molecule is C=CC(=O)OCCOC(=O)Nc1cccc(NC(=O)OCCOC(=O)C=C)c1. The van der Waals surface area contributed by atoms with E-state index in [9.17, 15) is 19.2 Å². The van der Waals surface area contributed by atoms with E-state index >= 15 is 0 Å². The molecule has 0 spiro atoms. The predicted octanol–water partition coefficient (Wildman–Crippen LogP) is 2.24. The number of benzene rings is 1. The van der Waals surface area contributed by atoms with Crippen LogP contribution in [-0.2, 0) is 28.5 Å². The summed E-state index contributed by atoms with van der Waals surface area (Å²) in [5, 5.41) is 4.90. The van der Waals surface area contributed by atoms with Crippen LogP contribution in [0.4, 0.5) is 21.0 Å². The Bertz CT molecular complexity index is 675. The van der Waals surface area contributed by atoms with Gasteiger partial charge in [0.05, 0.1) is 0 Å². The van der Waals surface area contributed by atoms with Crippen molar-refractivity contribution in [3.05, 3.63) is 49.6 Å². The average Bonchev–Trinajstić information content (AvgIpc) is 2.68. The molecule has 150 valence electrons. The minimum Gasteiger partial charge on any atom is -0.459 e. The number of esters is 2. The van der Waals surface area contributed by atoms with Crippen molar-refractivity contribution in [2.24, 2.45) is 0 Å². The van der Waals surface area contributed by atoms with Crippen molar-refractivity contribution in [1.29, 1.82) is 0 Å². The molecular weight excluding hydrogens is 372 g/mol. The van der Waals surface area contributed by atoms with Gasteiger partial charge in [0.1, 0.15) is 26.4 Å². The Morgan fingerprint density at radius 3 is 1.54 bits per heavy atom. The second-order valence-electron chi connectivity index (χ2n) is 4.85. The Morgan fingerprint density at radius 2 is 1.14 bits per heavy atom. The lowest BCUT2D eigenvalue weighted by Gasteiger charge is -2.10. The third kappa shape index (κ3) is 9.61. The van der Waals surface area contributed by atoms with Crippen LogP contribution in [-0.4, -0.2) is 50.6 Å². The Hall–Kier alpha value is -3.82. The zero-order chi connectivity index (χ0) is 20.8. The van der Waals surface area contributed by atoms with Gasteiger partial charge in [0, 0.05) is 23.5 Å². The summed E-state index contributed by atoms with van der Waals surface area (Å²) >= 11 is 0. The molecule has 0 unspecified atom stereocenters. The van der Waals surface area contributed by atoms with E-state index in [0.29, 0.717) is 11.4 Å². The number of hydrogen-bond donors (Lipinski definition) is 2. The van der Waals surface area contributed by atoms with Gasteiger partial charge in [-0.05, 0) is 18.2 Å². The Kier molecular flexibility index (Phi) is 9.94. The van der Waals surface area contributed by atoms with Gasteiger partial charge < -0.3 is 18.9 Å². The van der Waals surface area contributed by atoms with Gasteiger partial charge in [-0.3, -0.25) is 10.6 Å². The molecule has 2 amide bonds. The Labute approximate surface area is 161 Å². The lowest BCUT2D eigenvalue weighted by Crippen LogP contribution is -2.19. The van der Waals surface area contributed by atoms with Crippen LogP contribution in [0.25, 0.3) is 0 Å². The number of carbonyl (C=O) groups excluding carboxylic acids is 4. The first kappa shape index (κ1) is 22.2. The van der Waals surface area contributed by atoms with Crippen LogP contribution in [0.15, 0.2) is 49.6 Å². The fraction of sp³-hybridized carbons (Fsp3) is 0.222. The van der Waals surface area contributed by atoms with Gasteiger partial charge in [0.25, 0.3) is 0 Å². The van der Waals surface area contributed by atoms with Gasteiger partial charge in [-0.1, -0.05) is 19.2 Å². The van der Waals surface area contributed by atoms with E-state index in [0.717, 1.165) is 12.2 Å². The fourth-order valence-electron chi connectivity index (χ4n) is 1.65. The first-order chi connectivity index (χ1) is 13.4. The van der Waals surface area contributed by atoms with Gasteiger partial charge in [-0.25, -0.2) is 19.2 Å². The first-order valence-corrected chi connectivity index (χ1v) is 8.00. The minimum atomic E-state index is -0.765. The molecule has 28 heavy (non-hydrogen) atoms. The molecule has 10 heteroatoms. The highest BCUT2D eigenvalue weighted by Gasteiger charge is 2.07. The molecule has 0 saturated carbocycles. The van der Waals surface area contributed by atoms with Crippen molar-refractivity contribution < 1.29 is 38.1 Å². The maximum absolute atomic E-state index is 11.7. The molecule has 0 radical (unpaired) electrons. The van der Waals surface area contributed by atoms with Crippen molar-refractivity contribution in [3.8, 4) is 0 Å². The summed E-state index contributed by atoms with van der Waals surface area (Å²) in [5.74, 6) is -1.23. The van der Waals surface area contributed by atoms with Crippen molar-refractivity contribution in [3.63, 3.8) is 0 Å². The number of ether oxygens (including phenoxy) is 4. The zero-order valence-electron chi connectivity index (χ0n) is 15.0. The highest BCUT2D eigenvalue weighted by atomic mass is 16.6. The molecule has 0 aliphatic carbocycles. The van der Waals surface area contributed by atoms with E-state index in [1.807, 2.05) is 0 Å². The number of nitrogens with one attached hydrogen (secondary N) is 2. The molecule has 0 aromatic heterocycles. The van der Waals surface area contributed by atoms with Crippen molar-refractivity contribution >= 4 is 35.5 Å². The number of anilines is 2. The van der Waals surface area contributed by atoms with Crippen LogP contribution in [0.1, 0.15) is 0 Å². The molecule has 0 aliphatic heterocycles. The van der Waals surface area contributed by atoms with E-state index in [1.165, 1.54) is 6.07 Å². The van der Waals surface area contributed by atoms with Crippen LogP contribution >= 0.6 is 0 Å². The molecule has 0 atom stereocenters. The topological polar surface area (TPSA) is 129 Å². The van der Waals surface area contributed by atoms with Crippen molar-refractivity contribution in [1.82, 2.24) is 0 Å². The normalized spacial score (nSPS) is 9.43. The predicted molar refractivity (Wildman–Crippen MR) is 98.7 cm³/mol. The summed E-state index contributed by atoms with van der Waals surface area (Å²) in [6.45, 7) is 5.99. The summed E-state index contributed by atoms with van der Waals surface area (Å²) in [4.78, 5) is 45.0. The molecule has 0 saturated heterocycles. The summed E-state index contributed by atoms with van der Waals surface area (Å²) < 4.78 is 19.0. The van der Waals surface area contributed by atoms with E-state index in [-0.39, 0.29) is 26.4 Å². The molecule has 0 heterocycles.